The van der Waals surface area contributed by atoms with E-state index in [9.17, 15) is 0 Å². The van der Waals surface area contributed by atoms with Crippen LogP contribution >= 0.6 is 0 Å². The van der Waals surface area contributed by atoms with Gasteiger partial charge in [0.05, 0.1) is 7.11 Å². The van der Waals surface area contributed by atoms with Crippen LogP contribution in [-0.2, 0) is 9.47 Å². The summed E-state index contributed by atoms with van der Waals surface area (Å²) in [7, 11) is 1.76. The Kier molecular flexibility index (Phi) is 7.51. The van der Waals surface area contributed by atoms with Crippen molar-refractivity contribution >= 4 is 0 Å². The molecule has 18 heavy (non-hydrogen) atoms. The second-order valence-corrected chi connectivity index (χ2v) is 4.67. The molecular weight excluding hydrogens is 224 g/mol. The van der Waals surface area contributed by atoms with Gasteiger partial charge < -0.3 is 9.47 Å². The zero-order chi connectivity index (χ0) is 13.2. The summed E-state index contributed by atoms with van der Waals surface area (Å²) in [5.41, 5.74) is 2.68. The number of allylic oxidation sites excluding steroid dienone is 6. The molecule has 0 aromatic carbocycles. The lowest BCUT2D eigenvalue weighted by Gasteiger charge is -2.15. The Morgan fingerprint density at radius 1 is 1.28 bits per heavy atom. The number of unbranched alkanes of at least 4 members (excludes halogenated alkanes) is 2. The minimum absolute atomic E-state index is 0.823. The largest absolute Gasteiger partial charge is 0.500 e. The quantitative estimate of drug-likeness (QED) is 0.595. The van der Waals surface area contributed by atoms with Gasteiger partial charge in [-0.3, -0.25) is 0 Å². The van der Waals surface area contributed by atoms with Gasteiger partial charge in [-0.15, -0.1) is 0 Å². The minimum atomic E-state index is 0.823. The molecule has 0 aromatic heterocycles. The van der Waals surface area contributed by atoms with E-state index in [1.165, 1.54) is 17.6 Å². The highest BCUT2D eigenvalue weighted by molar-refractivity contribution is 5.38. The maximum atomic E-state index is 5.43. The number of hydrogen-bond acceptors (Lipinski definition) is 2. The first-order valence-electron chi connectivity index (χ1n) is 6.96. The first-order valence-corrected chi connectivity index (χ1v) is 6.96. The second-order valence-electron chi connectivity index (χ2n) is 4.67. The monoisotopic (exact) mass is 250 g/mol. The summed E-state index contributed by atoms with van der Waals surface area (Å²) in [6, 6.07) is 0. The van der Waals surface area contributed by atoms with Gasteiger partial charge in [-0.1, -0.05) is 23.8 Å². The van der Waals surface area contributed by atoms with Crippen molar-refractivity contribution in [1.82, 2.24) is 0 Å². The Balaban J connectivity index is 2.33. The Hall–Kier alpha value is -1.02. The second kappa shape index (κ2) is 8.98. The first kappa shape index (κ1) is 15.0. The molecule has 0 heterocycles. The lowest BCUT2D eigenvalue weighted by atomic mass is 9.98. The molecule has 0 bridgehead atoms. The summed E-state index contributed by atoms with van der Waals surface area (Å²) in [4.78, 5) is 0. The molecule has 0 aromatic rings. The zero-order valence-corrected chi connectivity index (χ0v) is 12.0. The third-order valence-electron chi connectivity index (χ3n) is 3.13. The normalized spacial score (nSPS) is 16.3. The molecule has 0 amide bonds. The molecule has 0 radical (unpaired) electrons. The maximum Gasteiger partial charge on any atom is 0.103 e. The Labute approximate surface area is 111 Å². The molecule has 0 aliphatic heterocycles. The van der Waals surface area contributed by atoms with Gasteiger partial charge in [0.1, 0.15) is 5.76 Å². The van der Waals surface area contributed by atoms with Crippen LogP contribution in [0.4, 0.5) is 0 Å². The minimum Gasteiger partial charge on any atom is -0.500 e. The van der Waals surface area contributed by atoms with Gasteiger partial charge in [-0.05, 0) is 39.5 Å². The van der Waals surface area contributed by atoms with Crippen LogP contribution in [0.25, 0.3) is 0 Å². The predicted octanol–water partition coefficient (Wildman–Crippen LogP) is 4.39. The van der Waals surface area contributed by atoms with E-state index < -0.39 is 0 Å². The standard InChI is InChI=1S/C16H26O2/c1-4-18-12-8-6-5-7-9-15-13-14(2)10-11-16(15)17-3/h7,9,13H,4-6,8,10-12H2,1-3H3/b9-7+. The topological polar surface area (TPSA) is 18.5 Å². The SMILES string of the molecule is CCOCCCC/C=C/C1=C(OC)CCC(C)=C1. The molecular formula is C16H26O2. The Morgan fingerprint density at radius 3 is 2.83 bits per heavy atom. The fourth-order valence-electron chi connectivity index (χ4n) is 2.06. The van der Waals surface area contributed by atoms with E-state index in [1.807, 2.05) is 6.92 Å². The fraction of sp³-hybridized carbons (Fsp3) is 0.625. The highest BCUT2D eigenvalue weighted by atomic mass is 16.5. The van der Waals surface area contributed by atoms with E-state index in [-0.39, 0.29) is 0 Å². The number of ether oxygens (including phenoxy) is 2. The van der Waals surface area contributed by atoms with E-state index in [0.717, 1.165) is 44.7 Å². The Bertz CT molecular complexity index is 324. The average Bonchev–Trinajstić information content (AvgIpc) is 2.38. The molecule has 0 atom stereocenters. The highest BCUT2D eigenvalue weighted by Gasteiger charge is 2.09. The number of rotatable bonds is 8. The van der Waals surface area contributed by atoms with Crippen molar-refractivity contribution in [3.63, 3.8) is 0 Å². The molecule has 0 spiro atoms. The van der Waals surface area contributed by atoms with Crippen molar-refractivity contribution < 1.29 is 9.47 Å². The van der Waals surface area contributed by atoms with Crippen LogP contribution in [0.15, 0.2) is 35.1 Å². The molecule has 0 saturated carbocycles. The molecule has 2 heteroatoms. The molecule has 0 fully saturated rings. The third-order valence-corrected chi connectivity index (χ3v) is 3.13. The highest BCUT2D eigenvalue weighted by Crippen LogP contribution is 2.25. The molecule has 1 aliphatic carbocycles. The smallest absolute Gasteiger partial charge is 0.103 e. The molecule has 1 aliphatic rings. The first-order chi connectivity index (χ1) is 8.77. The Morgan fingerprint density at radius 2 is 2.11 bits per heavy atom. The fourth-order valence-corrected chi connectivity index (χ4v) is 2.06. The van der Waals surface area contributed by atoms with Crippen LogP contribution in [0.2, 0.25) is 0 Å². The third kappa shape index (κ3) is 5.54. The molecule has 0 unspecified atom stereocenters. The summed E-state index contributed by atoms with van der Waals surface area (Å²) >= 11 is 0. The zero-order valence-electron chi connectivity index (χ0n) is 12.0. The van der Waals surface area contributed by atoms with Gasteiger partial charge in [-0.2, -0.15) is 0 Å². The van der Waals surface area contributed by atoms with Crippen LogP contribution in [0, 0.1) is 0 Å². The van der Waals surface area contributed by atoms with Crippen molar-refractivity contribution in [3.05, 3.63) is 35.1 Å². The summed E-state index contributed by atoms with van der Waals surface area (Å²) in [6.07, 6.45) is 12.3. The van der Waals surface area contributed by atoms with Crippen molar-refractivity contribution in [2.75, 3.05) is 20.3 Å². The van der Waals surface area contributed by atoms with Crippen molar-refractivity contribution in [2.24, 2.45) is 0 Å². The van der Waals surface area contributed by atoms with Crippen molar-refractivity contribution in [1.29, 1.82) is 0 Å². The molecule has 1 rings (SSSR count). The summed E-state index contributed by atoms with van der Waals surface area (Å²) in [6.45, 7) is 5.93. The van der Waals surface area contributed by atoms with Gasteiger partial charge >= 0.3 is 0 Å². The van der Waals surface area contributed by atoms with Gasteiger partial charge in [0.15, 0.2) is 0 Å². The summed E-state index contributed by atoms with van der Waals surface area (Å²) < 4.78 is 10.7. The molecule has 2 nitrogen and oxygen atoms in total. The van der Waals surface area contributed by atoms with Crippen LogP contribution in [0.3, 0.4) is 0 Å². The maximum absolute atomic E-state index is 5.43. The van der Waals surface area contributed by atoms with E-state index >= 15 is 0 Å². The van der Waals surface area contributed by atoms with Gasteiger partial charge in [0, 0.05) is 25.2 Å². The van der Waals surface area contributed by atoms with Gasteiger partial charge in [0.25, 0.3) is 0 Å². The summed E-state index contributed by atoms with van der Waals surface area (Å²) in [5, 5.41) is 0. The lowest BCUT2D eigenvalue weighted by Crippen LogP contribution is -1.98. The lowest BCUT2D eigenvalue weighted by molar-refractivity contribution is 0.143. The van der Waals surface area contributed by atoms with Gasteiger partial charge in [0.2, 0.25) is 0 Å². The average molecular weight is 250 g/mol. The van der Waals surface area contributed by atoms with Gasteiger partial charge in [-0.25, -0.2) is 0 Å². The number of methoxy groups -OCH3 is 1. The van der Waals surface area contributed by atoms with E-state index in [0.29, 0.717) is 0 Å². The van der Waals surface area contributed by atoms with Crippen molar-refractivity contribution in [2.45, 2.75) is 46.0 Å². The molecule has 102 valence electrons. The summed E-state index contributed by atoms with van der Waals surface area (Å²) in [5.74, 6) is 1.12. The van der Waals surface area contributed by atoms with Crippen LogP contribution in [0.1, 0.15) is 46.0 Å². The van der Waals surface area contributed by atoms with E-state index in [2.05, 4.69) is 25.2 Å². The molecule has 0 N–H and O–H groups in total. The molecule has 0 saturated heterocycles. The van der Waals surface area contributed by atoms with Crippen molar-refractivity contribution in [3.8, 4) is 0 Å². The van der Waals surface area contributed by atoms with Crippen LogP contribution < -0.4 is 0 Å². The van der Waals surface area contributed by atoms with Crippen LogP contribution in [-0.4, -0.2) is 20.3 Å². The predicted molar refractivity (Wildman–Crippen MR) is 76.5 cm³/mol. The van der Waals surface area contributed by atoms with E-state index in [1.54, 1.807) is 7.11 Å². The van der Waals surface area contributed by atoms with E-state index in [4.69, 9.17) is 9.47 Å². The van der Waals surface area contributed by atoms with Crippen LogP contribution in [0.5, 0.6) is 0 Å². The number of hydrogen-bond donors (Lipinski definition) is 0.